The Morgan fingerprint density at radius 1 is 0.294 bits per heavy atom. The first-order valence-electron chi connectivity index (χ1n) is 17.5. The molecule has 0 fully saturated rings. The van der Waals surface area contributed by atoms with Gasteiger partial charge in [0.2, 0.25) is 0 Å². The molecule has 2 aliphatic rings. The van der Waals surface area contributed by atoms with Crippen LogP contribution in [0.15, 0.2) is 200 Å². The molecular weight excluding hydrogens is 636 g/mol. The maximum Gasteiger partial charge on any atom is 0.171 e. The van der Waals surface area contributed by atoms with E-state index < -0.39 is 7.14 Å². The smallest absolute Gasteiger partial charge is 0.171 e. The molecule has 0 unspecified atom stereocenters. The Kier molecular flexibility index (Phi) is 6.75. The summed E-state index contributed by atoms with van der Waals surface area (Å²) in [5.41, 5.74) is 14.7. The lowest BCUT2D eigenvalue weighted by Gasteiger charge is -2.30. The van der Waals surface area contributed by atoms with Crippen LogP contribution in [-0.2, 0) is 9.98 Å². The van der Waals surface area contributed by atoms with Crippen LogP contribution in [0.2, 0.25) is 0 Å². The average molecular weight is 669 g/mol. The van der Waals surface area contributed by atoms with Crippen molar-refractivity contribution in [2.24, 2.45) is 0 Å². The predicted molar refractivity (Wildman–Crippen MR) is 213 cm³/mol. The van der Waals surface area contributed by atoms with Crippen LogP contribution in [0.4, 0.5) is 0 Å². The monoisotopic (exact) mass is 668 g/mol. The summed E-state index contributed by atoms with van der Waals surface area (Å²) in [4.78, 5) is 0. The third kappa shape index (κ3) is 4.32. The van der Waals surface area contributed by atoms with Gasteiger partial charge < -0.3 is 4.57 Å². The van der Waals surface area contributed by atoms with E-state index in [2.05, 4.69) is 127 Å². The molecule has 8 aromatic rings. The standard InChI is InChI=1S/C49H33OP/c50-51(38-18-3-1-4-19-38,39-20-5-2-6-21-39)40-22-14-17-36(32-40)34-15-13-16-35(31-34)37-29-30-44-43-25-9-12-28-47(43)49(48(44)33-37)45-26-10-7-23-41(45)42-24-8-11-27-46(42)49/h1-33H. The van der Waals surface area contributed by atoms with Gasteiger partial charge in [0.05, 0.1) is 5.41 Å². The number of hydrogen-bond donors (Lipinski definition) is 0. The minimum atomic E-state index is -3.10. The Labute approximate surface area is 298 Å². The van der Waals surface area contributed by atoms with Crippen LogP contribution in [0.3, 0.4) is 0 Å². The normalized spacial score (nSPS) is 13.3. The maximum absolute atomic E-state index is 15.2. The first kappa shape index (κ1) is 29.9. The highest BCUT2D eigenvalue weighted by Crippen LogP contribution is 2.63. The minimum absolute atomic E-state index is 0.378. The zero-order valence-electron chi connectivity index (χ0n) is 27.9. The van der Waals surface area contributed by atoms with Crippen LogP contribution in [-0.4, -0.2) is 0 Å². The van der Waals surface area contributed by atoms with Crippen molar-refractivity contribution in [3.63, 3.8) is 0 Å². The molecule has 0 aromatic heterocycles. The summed E-state index contributed by atoms with van der Waals surface area (Å²) in [5.74, 6) is 0. The molecule has 0 radical (unpaired) electrons. The quantitative estimate of drug-likeness (QED) is 0.167. The molecular formula is C49H33OP. The van der Waals surface area contributed by atoms with Crippen LogP contribution < -0.4 is 15.9 Å². The van der Waals surface area contributed by atoms with Gasteiger partial charge in [0.1, 0.15) is 0 Å². The molecule has 0 saturated heterocycles. The fourth-order valence-corrected chi connectivity index (χ4v) is 11.5. The van der Waals surface area contributed by atoms with Gasteiger partial charge in [-0.25, -0.2) is 0 Å². The van der Waals surface area contributed by atoms with E-state index in [1.807, 2.05) is 72.8 Å². The molecule has 1 nitrogen and oxygen atoms in total. The topological polar surface area (TPSA) is 17.1 Å². The van der Waals surface area contributed by atoms with Crippen LogP contribution >= 0.6 is 7.14 Å². The van der Waals surface area contributed by atoms with Crippen molar-refractivity contribution in [2.75, 3.05) is 0 Å². The molecule has 2 aliphatic carbocycles. The van der Waals surface area contributed by atoms with Gasteiger partial charge in [-0.2, -0.15) is 0 Å². The van der Waals surface area contributed by atoms with Gasteiger partial charge >= 0.3 is 0 Å². The van der Waals surface area contributed by atoms with E-state index in [-0.39, 0.29) is 5.41 Å². The van der Waals surface area contributed by atoms with E-state index in [9.17, 15) is 0 Å². The van der Waals surface area contributed by atoms with E-state index in [1.54, 1.807) is 0 Å². The van der Waals surface area contributed by atoms with Crippen molar-refractivity contribution in [1.82, 2.24) is 0 Å². The molecule has 2 heteroatoms. The van der Waals surface area contributed by atoms with E-state index in [1.165, 1.54) is 50.1 Å². The molecule has 51 heavy (non-hydrogen) atoms. The van der Waals surface area contributed by atoms with Crippen molar-refractivity contribution in [1.29, 1.82) is 0 Å². The van der Waals surface area contributed by atoms with Crippen LogP contribution in [0.1, 0.15) is 22.3 Å². The van der Waals surface area contributed by atoms with Crippen molar-refractivity contribution in [3.05, 3.63) is 222 Å². The second-order valence-electron chi connectivity index (χ2n) is 13.6. The number of hydrogen-bond acceptors (Lipinski definition) is 1. The summed E-state index contributed by atoms with van der Waals surface area (Å²) in [6, 6.07) is 70.8. The lowest BCUT2D eigenvalue weighted by atomic mass is 9.70. The highest BCUT2D eigenvalue weighted by atomic mass is 31.2. The maximum atomic E-state index is 15.2. The Balaban J connectivity index is 1.12. The molecule has 1 spiro atoms. The van der Waals surface area contributed by atoms with Gasteiger partial charge in [-0.05, 0) is 85.0 Å². The van der Waals surface area contributed by atoms with Crippen molar-refractivity contribution < 1.29 is 4.57 Å². The van der Waals surface area contributed by atoms with E-state index in [0.717, 1.165) is 32.6 Å². The van der Waals surface area contributed by atoms with Gasteiger partial charge in [0.15, 0.2) is 7.14 Å². The summed E-state index contributed by atoms with van der Waals surface area (Å²) < 4.78 is 15.2. The summed E-state index contributed by atoms with van der Waals surface area (Å²) in [7, 11) is -3.10. The minimum Gasteiger partial charge on any atom is -0.309 e. The molecule has 0 saturated carbocycles. The Morgan fingerprint density at radius 2 is 0.686 bits per heavy atom. The van der Waals surface area contributed by atoms with Crippen LogP contribution in [0, 0.1) is 0 Å². The molecule has 10 rings (SSSR count). The van der Waals surface area contributed by atoms with E-state index in [4.69, 9.17) is 0 Å². The SMILES string of the molecule is O=P(c1ccccc1)(c1ccccc1)c1cccc(-c2cccc(-c3ccc4c(c3)C3(c5ccccc5-c5ccccc53)c3ccccc3-4)c2)c1. The third-order valence-electron chi connectivity index (χ3n) is 11.0. The fourth-order valence-electron chi connectivity index (χ4n) is 8.76. The molecule has 0 atom stereocenters. The van der Waals surface area contributed by atoms with Crippen LogP contribution in [0.25, 0.3) is 44.5 Å². The van der Waals surface area contributed by atoms with Crippen molar-refractivity contribution >= 4 is 23.1 Å². The Morgan fingerprint density at radius 3 is 1.22 bits per heavy atom. The fraction of sp³-hybridized carbons (Fsp3) is 0.0204. The highest BCUT2D eigenvalue weighted by molar-refractivity contribution is 7.85. The van der Waals surface area contributed by atoms with Gasteiger partial charge in [-0.3, -0.25) is 0 Å². The second-order valence-corrected chi connectivity index (χ2v) is 16.3. The lowest BCUT2D eigenvalue weighted by molar-refractivity contribution is 0.592. The molecule has 0 amide bonds. The van der Waals surface area contributed by atoms with E-state index in [0.29, 0.717) is 0 Å². The van der Waals surface area contributed by atoms with Gasteiger partial charge in [0.25, 0.3) is 0 Å². The Hall–Kier alpha value is -6.01. The largest absolute Gasteiger partial charge is 0.309 e. The summed E-state index contributed by atoms with van der Waals surface area (Å²) in [6.45, 7) is 0. The summed E-state index contributed by atoms with van der Waals surface area (Å²) in [6.07, 6.45) is 0. The van der Waals surface area contributed by atoms with Crippen molar-refractivity contribution in [3.8, 4) is 44.5 Å². The molecule has 8 aromatic carbocycles. The van der Waals surface area contributed by atoms with Gasteiger partial charge in [-0.15, -0.1) is 0 Å². The first-order valence-corrected chi connectivity index (χ1v) is 19.2. The Bertz CT molecular complexity index is 2570. The number of rotatable bonds is 5. The summed E-state index contributed by atoms with van der Waals surface area (Å²) in [5, 5.41) is 2.51. The van der Waals surface area contributed by atoms with Gasteiger partial charge in [-0.1, -0.05) is 182 Å². The van der Waals surface area contributed by atoms with Gasteiger partial charge in [0, 0.05) is 15.9 Å². The third-order valence-corrected chi connectivity index (χ3v) is 14.0. The molecule has 0 bridgehead atoms. The molecule has 0 N–H and O–H groups in total. The number of benzene rings is 8. The highest BCUT2D eigenvalue weighted by Gasteiger charge is 2.51. The predicted octanol–water partition coefficient (Wildman–Crippen LogP) is 11.0. The van der Waals surface area contributed by atoms with Crippen molar-refractivity contribution in [2.45, 2.75) is 5.41 Å². The van der Waals surface area contributed by atoms with Crippen LogP contribution in [0.5, 0.6) is 0 Å². The molecule has 0 aliphatic heterocycles. The second kappa shape index (κ2) is 11.5. The molecule has 0 heterocycles. The average Bonchev–Trinajstić information content (AvgIpc) is 3.68. The lowest BCUT2D eigenvalue weighted by Crippen LogP contribution is -2.25. The first-order chi connectivity index (χ1) is 25.2. The van der Waals surface area contributed by atoms with E-state index >= 15 is 4.57 Å². The zero-order valence-corrected chi connectivity index (χ0v) is 28.8. The molecule has 240 valence electrons. The summed E-state index contributed by atoms with van der Waals surface area (Å²) >= 11 is 0. The number of fused-ring (bicyclic) bond motifs is 10. The zero-order chi connectivity index (χ0) is 34.0.